The summed E-state index contributed by atoms with van der Waals surface area (Å²) in [5.41, 5.74) is 1.13. The van der Waals surface area contributed by atoms with Gasteiger partial charge in [-0.05, 0) is 36.0 Å². The molecule has 15 heteroatoms. The van der Waals surface area contributed by atoms with E-state index in [1.165, 1.54) is 29.5 Å². The molecular weight excluding hydrogens is 578 g/mol. The second kappa shape index (κ2) is 10.2. The smallest absolute Gasteiger partial charge is 0.434 e. The molecule has 1 aliphatic rings. The molecule has 0 amide bonds. The first-order valence-corrected chi connectivity index (χ1v) is 13.1. The normalized spacial score (nSPS) is 14.0. The molecule has 0 unspecified atom stereocenters. The Morgan fingerprint density at radius 1 is 0.977 bits per heavy atom. The molecule has 1 saturated carbocycles. The lowest BCUT2D eigenvalue weighted by molar-refractivity contribution is -0.141. The summed E-state index contributed by atoms with van der Waals surface area (Å²) in [4.78, 5) is 17.0. The van der Waals surface area contributed by atoms with Crippen molar-refractivity contribution in [3.8, 4) is 28.7 Å². The highest BCUT2D eigenvalue weighted by molar-refractivity contribution is 5.76. The van der Waals surface area contributed by atoms with Crippen LogP contribution in [0.15, 0.2) is 48.9 Å². The number of aryl methyl sites for hydroxylation is 1. The van der Waals surface area contributed by atoms with E-state index in [0.29, 0.717) is 16.7 Å². The second-order valence-electron chi connectivity index (χ2n) is 10.3. The van der Waals surface area contributed by atoms with Crippen LogP contribution in [0.2, 0.25) is 0 Å². The molecule has 224 valence electrons. The van der Waals surface area contributed by atoms with Gasteiger partial charge in [0.1, 0.15) is 17.9 Å². The molecular formula is C28H24F6N8O. The molecule has 5 aromatic rings. The maximum absolute atomic E-state index is 13.5. The fourth-order valence-corrected chi connectivity index (χ4v) is 5.11. The highest BCUT2D eigenvalue weighted by atomic mass is 19.4. The van der Waals surface area contributed by atoms with Crippen molar-refractivity contribution in [2.24, 2.45) is 7.05 Å². The van der Waals surface area contributed by atoms with Crippen molar-refractivity contribution in [3.63, 3.8) is 0 Å². The molecule has 1 aliphatic carbocycles. The summed E-state index contributed by atoms with van der Waals surface area (Å²) >= 11 is 0. The average molecular weight is 603 g/mol. The lowest BCUT2D eigenvalue weighted by Crippen LogP contribution is -2.30. The van der Waals surface area contributed by atoms with Crippen LogP contribution in [0.25, 0.3) is 33.9 Å². The summed E-state index contributed by atoms with van der Waals surface area (Å²) in [6, 6.07) is 8.23. The Bertz CT molecular complexity index is 1880. The number of nitrogens with zero attached hydrogens (tertiary/aromatic N) is 7. The Morgan fingerprint density at radius 3 is 2.30 bits per heavy atom. The number of nitrogens with one attached hydrogen (secondary N) is 1. The first kappa shape index (κ1) is 28.4. The largest absolute Gasteiger partial charge is 0.480 e. The van der Waals surface area contributed by atoms with E-state index >= 15 is 0 Å². The molecule has 0 atom stereocenters. The van der Waals surface area contributed by atoms with Crippen LogP contribution in [-0.4, -0.2) is 46.9 Å². The van der Waals surface area contributed by atoms with Crippen molar-refractivity contribution < 1.29 is 31.1 Å². The summed E-state index contributed by atoms with van der Waals surface area (Å²) in [6.07, 6.45) is -3.49. The topological polar surface area (TPSA) is 99.4 Å². The molecule has 0 spiro atoms. The lowest BCUT2D eigenvalue weighted by atomic mass is 10.0. The first-order valence-electron chi connectivity index (χ1n) is 13.1. The molecule has 9 nitrogen and oxygen atoms in total. The van der Waals surface area contributed by atoms with E-state index in [1.807, 2.05) is 6.07 Å². The van der Waals surface area contributed by atoms with Gasteiger partial charge in [0.2, 0.25) is 11.5 Å². The molecule has 4 aromatic heterocycles. The summed E-state index contributed by atoms with van der Waals surface area (Å²) < 4.78 is 88.8. The molecule has 0 bridgehead atoms. The van der Waals surface area contributed by atoms with Crippen LogP contribution in [0.4, 0.5) is 26.3 Å². The fourth-order valence-electron chi connectivity index (χ4n) is 5.11. The van der Waals surface area contributed by atoms with Gasteiger partial charge in [-0.2, -0.15) is 26.3 Å². The fraction of sp³-hybridized carbons (Fsp3) is 0.321. The summed E-state index contributed by atoms with van der Waals surface area (Å²) in [7, 11) is 2.91. The number of pyridine rings is 1. The number of rotatable bonds is 7. The highest BCUT2D eigenvalue weighted by Gasteiger charge is 2.35. The van der Waals surface area contributed by atoms with Gasteiger partial charge >= 0.3 is 12.4 Å². The van der Waals surface area contributed by atoms with E-state index in [2.05, 4.69) is 19.9 Å². The van der Waals surface area contributed by atoms with Gasteiger partial charge in [-0.15, -0.1) is 0 Å². The number of methoxy groups -OCH3 is 1. The number of ether oxygens (including phenoxy) is 1. The summed E-state index contributed by atoms with van der Waals surface area (Å²) in [6.45, 7) is -1.45. The zero-order valence-electron chi connectivity index (χ0n) is 22.8. The van der Waals surface area contributed by atoms with Gasteiger partial charge in [-0.3, -0.25) is 14.5 Å². The third-order valence-electron chi connectivity index (χ3n) is 7.25. The third-order valence-corrected chi connectivity index (χ3v) is 7.25. The van der Waals surface area contributed by atoms with E-state index in [-0.39, 0.29) is 41.2 Å². The quantitative estimate of drug-likeness (QED) is 0.242. The minimum Gasteiger partial charge on any atom is -0.480 e. The molecule has 0 saturated heterocycles. The standard InChI is InChI=1S/C28H24F6N8O/c1-40-13-20(28(32,33)34)38-23(40)17-5-3-15(4-6-17)12-41-24-19(42(26(41)35)14-27(29,30)31)11-37-22(39-24)21-18(16-7-8-16)9-10-36-25(21)43-2/h3-6,9-11,13,16,35H,7-8,12,14H2,1-2H3. The van der Waals surface area contributed by atoms with Gasteiger partial charge in [0.15, 0.2) is 17.2 Å². The van der Waals surface area contributed by atoms with Crippen molar-refractivity contribution in [2.75, 3.05) is 7.11 Å². The average Bonchev–Trinajstić information content (AvgIpc) is 3.68. The van der Waals surface area contributed by atoms with Crippen molar-refractivity contribution in [3.05, 3.63) is 71.4 Å². The number of benzene rings is 1. The Kier molecular flexibility index (Phi) is 6.77. The SMILES string of the molecule is COc1nccc(C2CC2)c1-c1ncc2c(n1)n(Cc1ccc(-c3nc(C(F)(F)F)cn3C)cc1)c(=N)n2CC(F)(F)F. The van der Waals surface area contributed by atoms with Gasteiger partial charge in [0.25, 0.3) is 0 Å². The molecule has 4 heterocycles. The predicted molar refractivity (Wildman–Crippen MR) is 142 cm³/mol. The van der Waals surface area contributed by atoms with E-state index in [0.717, 1.165) is 29.2 Å². The van der Waals surface area contributed by atoms with Crippen LogP contribution in [0.3, 0.4) is 0 Å². The molecule has 1 aromatic carbocycles. The van der Waals surface area contributed by atoms with Gasteiger partial charge in [0.05, 0.1) is 25.4 Å². The molecule has 0 aliphatic heterocycles. The second-order valence-corrected chi connectivity index (χ2v) is 10.3. The third kappa shape index (κ3) is 5.46. The van der Waals surface area contributed by atoms with Crippen LogP contribution in [-0.2, 0) is 26.3 Å². The van der Waals surface area contributed by atoms with Crippen molar-refractivity contribution in [2.45, 2.75) is 44.2 Å². The maximum Gasteiger partial charge on any atom is 0.434 e. The lowest BCUT2D eigenvalue weighted by Gasteiger charge is -2.12. The number of imidazole rings is 2. The Balaban J connectivity index is 1.43. The van der Waals surface area contributed by atoms with E-state index < -0.39 is 30.2 Å². The zero-order valence-corrected chi connectivity index (χ0v) is 22.8. The highest BCUT2D eigenvalue weighted by Crippen LogP contribution is 2.46. The summed E-state index contributed by atoms with van der Waals surface area (Å²) in [5.74, 6) is 0.866. The number of fused-ring (bicyclic) bond motifs is 1. The molecule has 1 fully saturated rings. The van der Waals surface area contributed by atoms with Crippen LogP contribution in [0.5, 0.6) is 5.88 Å². The minimum absolute atomic E-state index is 0.0196. The van der Waals surface area contributed by atoms with Crippen molar-refractivity contribution in [1.82, 2.24) is 33.6 Å². The Morgan fingerprint density at radius 2 is 1.70 bits per heavy atom. The number of halogens is 6. The van der Waals surface area contributed by atoms with Crippen LogP contribution in [0, 0.1) is 5.41 Å². The zero-order chi connectivity index (χ0) is 30.7. The maximum atomic E-state index is 13.5. The molecule has 43 heavy (non-hydrogen) atoms. The number of alkyl halides is 6. The number of aromatic nitrogens is 7. The van der Waals surface area contributed by atoms with E-state index in [1.54, 1.807) is 30.5 Å². The molecule has 0 radical (unpaired) electrons. The molecule has 1 N–H and O–H groups in total. The van der Waals surface area contributed by atoms with Crippen LogP contribution < -0.4 is 10.4 Å². The van der Waals surface area contributed by atoms with Crippen molar-refractivity contribution >= 4 is 11.2 Å². The Labute approximate surface area is 240 Å². The monoisotopic (exact) mass is 602 g/mol. The van der Waals surface area contributed by atoms with Crippen molar-refractivity contribution in [1.29, 1.82) is 5.41 Å². The molecule has 6 rings (SSSR count). The van der Waals surface area contributed by atoms with Crippen LogP contribution >= 0.6 is 0 Å². The number of hydrogen-bond acceptors (Lipinski definition) is 6. The van der Waals surface area contributed by atoms with Crippen LogP contribution in [0.1, 0.15) is 35.6 Å². The predicted octanol–water partition coefficient (Wildman–Crippen LogP) is 5.69. The Hall–Kier alpha value is -4.69. The minimum atomic E-state index is -4.61. The number of hydrogen-bond donors (Lipinski definition) is 1. The van der Waals surface area contributed by atoms with Gasteiger partial charge in [0, 0.05) is 25.0 Å². The van der Waals surface area contributed by atoms with E-state index in [4.69, 9.17) is 10.1 Å². The summed E-state index contributed by atoms with van der Waals surface area (Å²) in [5, 5.41) is 8.65. The van der Waals surface area contributed by atoms with Gasteiger partial charge < -0.3 is 9.30 Å². The van der Waals surface area contributed by atoms with Gasteiger partial charge in [-0.1, -0.05) is 24.3 Å². The van der Waals surface area contributed by atoms with Gasteiger partial charge in [-0.25, -0.2) is 19.9 Å². The first-order chi connectivity index (χ1) is 20.3. The van der Waals surface area contributed by atoms with E-state index in [9.17, 15) is 26.3 Å².